The molecule has 0 amide bonds. The van der Waals surface area contributed by atoms with E-state index in [0.717, 1.165) is 16.9 Å². The average Bonchev–Trinajstić information content (AvgIpc) is 3.46. The van der Waals surface area contributed by atoms with Gasteiger partial charge in [0.2, 0.25) is 0 Å². The molecule has 0 unspecified atom stereocenters. The lowest BCUT2D eigenvalue weighted by Gasteiger charge is -2.26. The molecule has 9 heteroatoms. The first-order valence-electron chi connectivity index (χ1n) is 10.4. The first-order chi connectivity index (χ1) is 16.5. The van der Waals surface area contributed by atoms with E-state index in [0.29, 0.717) is 37.5 Å². The van der Waals surface area contributed by atoms with Gasteiger partial charge in [0.05, 0.1) is 33.9 Å². The summed E-state index contributed by atoms with van der Waals surface area (Å²) < 4.78 is 11.7. The quantitative estimate of drug-likeness (QED) is 0.270. The minimum atomic E-state index is -0.316. The molecule has 3 heterocycles. The summed E-state index contributed by atoms with van der Waals surface area (Å²) in [7, 11) is 1.58. The highest BCUT2D eigenvalue weighted by Gasteiger charge is 2.42. The third kappa shape index (κ3) is 4.23. The lowest BCUT2D eigenvalue weighted by atomic mass is 10.0. The maximum absolute atomic E-state index is 6.44. The van der Waals surface area contributed by atoms with Gasteiger partial charge in [-0.2, -0.15) is 0 Å². The highest BCUT2D eigenvalue weighted by atomic mass is 35.5. The van der Waals surface area contributed by atoms with Crippen LogP contribution in [-0.4, -0.2) is 17.2 Å². The normalized spacial score (nSPS) is 17.6. The number of hydrogen-bond donors (Lipinski definition) is 1. The van der Waals surface area contributed by atoms with Crippen molar-refractivity contribution in [2.45, 2.75) is 12.1 Å². The Hall–Kier alpha value is -2.77. The van der Waals surface area contributed by atoms with Gasteiger partial charge in [-0.1, -0.05) is 40.9 Å². The molecule has 0 saturated carbocycles. The molecule has 0 spiro atoms. The second-order valence-electron chi connectivity index (χ2n) is 7.65. The van der Waals surface area contributed by atoms with Gasteiger partial charge >= 0.3 is 0 Å². The smallest absolute Gasteiger partial charge is 0.174 e. The van der Waals surface area contributed by atoms with Crippen molar-refractivity contribution in [2.75, 3.05) is 12.0 Å². The van der Waals surface area contributed by atoms with Gasteiger partial charge in [0, 0.05) is 17.4 Å². The van der Waals surface area contributed by atoms with E-state index < -0.39 is 0 Å². The summed E-state index contributed by atoms with van der Waals surface area (Å²) >= 11 is 24.5. The third-order valence-corrected chi connectivity index (χ3v) is 6.98. The molecule has 2 aromatic heterocycles. The van der Waals surface area contributed by atoms with Crippen molar-refractivity contribution < 1.29 is 9.15 Å². The molecule has 2 atom stereocenters. The van der Waals surface area contributed by atoms with Gasteiger partial charge in [0.25, 0.3) is 0 Å². The van der Waals surface area contributed by atoms with Gasteiger partial charge < -0.3 is 19.4 Å². The minimum absolute atomic E-state index is 0.248. The van der Waals surface area contributed by atoms with Crippen molar-refractivity contribution in [2.24, 2.45) is 0 Å². The maximum Gasteiger partial charge on any atom is 0.174 e. The Morgan fingerprint density at radius 1 is 0.971 bits per heavy atom. The molecular weight excluding hydrogens is 513 g/mol. The number of furan rings is 1. The molecule has 1 aliphatic rings. The largest absolute Gasteiger partial charge is 0.495 e. The SMILES string of the molecule is COc1ccc(N2C(=S)N[C@H](c3ccccn3)[C@H]2c2ccc(-c3ccc(Cl)c(Cl)c3)o2)cc1Cl. The topological polar surface area (TPSA) is 50.5 Å². The Labute approximate surface area is 217 Å². The van der Waals surface area contributed by atoms with E-state index in [9.17, 15) is 0 Å². The number of pyridine rings is 1. The zero-order valence-electron chi connectivity index (χ0n) is 17.8. The Kier molecular flexibility index (Phi) is 6.40. The number of hydrogen-bond acceptors (Lipinski definition) is 4. The molecule has 4 aromatic rings. The third-order valence-electron chi connectivity index (χ3n) is 5.63. The summed E-state index contributed by atoms with van der Waals surface area (Å²) in [5.74, 6) is 1.95. The number of benzene rings is 2. The van der Waals surface area contributed by atoms with E-state index in [-0.39, 0.29) is 12.1 Å². The predicted octanol–water partition coefficient (Wildman–Crippen LogP) is 7.49. The number of halogens is 3. The monoisotopic (exact) mass is 529 g/mol. The molecule has 5 nitrogen and oxygen atoms in total. The lowest BCUT2D eigenvalue weighted by Crippen LogP contribution is -2.29. The number of methoxy groups -OCH3 is 1. The van der Waals surface area contributed by atoms with Crippen LogP contribution in [0.5, 0.6) is 5.75 Å². The minimum Gasteiger partial charge on any atom is -0.495 e. The van der Waals surface area contributed by atoms with Gasteiger partial charge in [-0.3, -0.25) is 4.98 Å². The Morgan fingerprint density at radius 2 is 1.82 bits per heavy atom. The summed E-state index contributed by atoms with van der Waals surface area (Å²) in [4.78, 5) is 6.55. The second kappa shape index (κ2) is 9.47. The number of ether oxygens (including phenoxy) is 1. The van der Waals surface area contributed by atoms with Crippen molar-refractivity contribution in [1.29, 1.82) is 0 Å². The van der Waals surface area contributed by atoms with Gasteiger partial charge in [0.1, 0.15) is 23.3 Å². The molecule has 172 valence electrons. The van der Waals surface area contributed by atoms with Crippen LogP contribution < -0.4 is 15.0 Å². The first-order valence-corrected chi connectivity index (χ1v) is 11.9. The van der Waals surface area contributed by atoms with E-state index in [2.05, 4.69) is 10.3 Å². The number of nitrogens with zero attached hydrogens (tertiary/aromatic N) is 2. The standard InChI is InChI=1S/C25H18Cl3N3O2S/c1-32-21-8-6-15(13-18(21)28)31-24(23(30-25(31)34)19-4-2-3-11-29-19)22-10-9-20(33-22)14-5-7-16(26)17(27)12-14/h2-13,23-24H,1H3,(H,30,34)/t23-,24-/m1/s1. The van der Waals surface area contributed by atoms with Gasteiger partial charge in [-0.05, 0) is 72.9 Å². The molecule has 0 radical (unpaired) electrons. The summed E-state index contributed by atoms with van der Waals surface area (Å²) in [6, 6.07) is 20.0. The molecule has 1 N–H and O–H groups in total. The highest BCUT2D eigenvalue weighted by Crippen LogP contribution is 2.44. The summed E-state index contributed by atoms with van der Waals surface area (Å²) in [6.45, 7) is 0. The number of thiocarbonyl (C=S) groups is 1. The van der Waals surface area contributed by atoms with Crippen LogP contribution in [0.25, 0.3) is 11.3 Å². The number of aromatic nitrogens is 1. The van der Waals surface area contributed by atoms with Crippen LogP contribution in [0.1, 0.15) is 23.5 Å². The van der Waals surface area contributed by atoms with Crippen molar-refractivity contribution in [3.63, 3.8) is 0 Å². The number of rotatable bonds is 5. The molecule has 34 heavy (non-hydrogen) atoms. The van der Waals surface area contributed by atoms with Crippen LogP contribution in [0.4, 0.5) is 5.69 Å². The average molecular weight is 531 g/mol. The zero-order valence-corrected chi connectivity index (χ0v) is 20.9. The van der Waals surface area contributed by atoms with Crippen LogP contribution in [0.15, 0.2) is 77.3 Å². The fraction of sp³-hybridized carbons (Fsp3) is 0.120. The maximum atomic E-state index is 6.44. The summed E-state index contributed by atoms with van der Waals surface area (Å²) in [6.07, 6.45) is 1.76. The van der Waals surface area contributed by atoms with E-state index in [1.54, 1.807) is 25.4 Å². The van der Waals surface area contributed by atoms with Crippen LogP contribution >= 0.6 is 47.0 Å². The van der Waals surface area contributed by atoms with E-state index in [4.69, 9.17) is 56.2 Å². The molecule has 1 aliphatic heterocycles. The Bertz CT molecular complexity index is 1360. The van der Waals surface area contributed by atoms with Crippen LogP contribution in [0.2, 0.25) is 15.1 Å². The molecule has 1 fully saturated rings. The Balaban J connectivity index is 1.60. The number of nitrogens with one attached hydrogen (secondary N) is 1. The second-order valence-corrected chi connectivity index (χ2v) is 9.25. The molecule has 5 rings (SSSR count). The fourth-order valence-electron chi connectivity index (χ4n) is 4.04. The summed E-state index contributed by atoms with van der Waals surface area (Å²) in [5, 5.41) is 5.37. The van der Waals surface area contributed by atoms with E-state index in [1.807, 2.05) is 59.5 Å². The van der Waals surface area contributed by atoms with Crippen molar-refractivity contribution in [3.8, 4) is 17.1 Å². The van der Waals surface area contributed by atoms with Gasteiger partial charge in [-0.25, -0.2) is 0 Å². The molecule has 1 saturated heterocycles. The van der Waals surface area contributed by atoms with Gasteiger partial charge in [-0.15, -0.1) is 0 Å². The van der Waals surface area contributed by atoms with Crippen molar-refractivity contribution >= 4 is 57.8 Å². The van der Waals surface area contributed by atoms with E-state index in [1.165, 1.54) is 0 Å². The highest BCUT2D eigenvalue weighted by molar-refractivity contribution is 7.80. The predicted molar refractivity (Wildman–Crippen MR) is 140 cm³/mol. The van der Waals surface area contributed by atoms with Crippen LogP contribution in [0.3, 0.4) is 0 Å². The van der Waals surface area contributed by atoms with Gasteiger partial charge in [0.15, 0.2) is 5.11 Å². The molecule has 0 aliphatic carbocycles. The molecular formula is C25H18Cl3N3O2S. The summed E-state index contributed by atoms with van der Waals surface area (Å²) in [5.41, 5.74) is 2.46. The number of anilines is 1. The zero-order chi connectivity index (χ0) is 23.8. The van der Waals surface area contributed by atoms with Crippen LogP contribution in [0, 0.1) is 0 Å². The molecule has 2 aromatic carbocycles. The van der Waals surface area contributed by atoms with E-state index >= 15 is 0 Å². The van der Waals surface area contributed by atoms with Crippen molar-refractivity contribution in [3.05, 3.63) is 99.4 Å². The Morgan fingerprint density at radius 3 is 2.53 bits per heavy atom. The lowest BCUT2D eigenvalue weighted by molar-refractivity contribution is 0.415. The first kappa shape index (κ1) is 23.0. The molecule has 0 bridgehead atoms. The fourth-order valence-corrected chi connectivity index (χ4v) is 4.94. The van der Waals surface area contributed by atoms with Crippen molar-refractivity contribution in [1.82, 2.24) is 10.3 Å². The van der Waals surface area contributed by atoms with Crippen LogP contribution in [-0.2, 0) is 0 Å².